The van der Waals surface area contributed by atoms with Crippen LogP contribution in [0.5, 0.6) is 5.75 Å². The summed E-state index contributed by atoms with van der Waals surface area (Å²) in [5.41, 5.74) is 13.1. The number of pyridine rings is 1. The molecule has 6 heteroatoms. The molecule has 0 spiro atoms. The van der Waals surface area contributed by atoms with Crippen molar-refractivity contribution in [2.75, 3.05) is 6.54 Å². The summed E-state index contributed by atoms with van der Waals surface area (Å²) < 4.78 is 0. The van der Waals surface area contributed by atoms with Crippen LogP contribution in [0, 0.1) is 6.92 Å². The second kappa shape index (κ2) is 7.45. The summed E-state index contributed by atoms with van der Waals surface area (Å²) in [6.07, 6.45) is 3.01. The molecule has 0 amide bonds. The van der Waals surface area contributed by atoms with E-state index in [2.05, 4.69) is 4.98 Å². The number of rotatable bonds is 5. The Labute approximate surface area is 107 Å². The van der Waals surface area contributed by atoms with Gasteiger partial charge in [-0.25, -0.2) is 0 Å². The van der Waals surface area contributed by atoms with Gasteiger partial charge in [-0.3, -0.25) is 4.98 Å². The van der Waals surface area contributed by atoms with E-state index < -0.39 is 0 Å². The van der Waals surface area contributed by atoms with Gasteiger partial charge in [-0.05, 0) is 26.3 Å². The maximum Gasteiger partial charge on any atom is 0.141 e. The van der Waals surface area contributed by atoms with Gasteiger partial charge in [-0.2, -0.15) is 0 Å². The third-order valence-corrected chi connectivity index (χ3v) is 2.62. The summed E-state index contributed by atoms with van der Waals surface area (Å²) in [5.74, 6) is 0.0797. The number of aliphatic hydroxyl groups excluding tert-OH is 1. The highest BCUT2D eigenvalue weighted by Crippen LogP contribution is 2.30. The Morgan fingerprint density at radius 3 is 2.65 bits per heavy atom. The third kappa shape index (κ3) is 3.81. The number of nitrogens with two attached hydrogens (primary N) is 2. The molecule has 0 fully saturated rings. The molecule has 1 rings (SSSR count). The average Bonchev–Trinajstić information content (AvgIpc) is 2.29. The van der Waals surface area contributed by atoms with Crippen molar-refractivity contribution in [3.8, 4) is 5.75 Å². The lowest BCUT2D eigenvalue weighted by atomic mass is 9.97. The Morgan fingerprint density at radius 1 is 1.47 bits per heavy atom. The molecular weight excluding hydrogens is 242 g/mol. The summed E-state index contributed by atoms with van der Waals surface area (Å²) in [4.78, 5) is 3.98. The van der Waals surface area contributed by atoms with E-state index in [-0.39, 0.29) is 30.8 Å². The van der Waals surface area contributed by atoms with Crippen molar-refractivity contribution in [2.24, 2.45) is 11.5 Å². The first-order chi connectivity index (χ1) is 7.61. The number of aryl methyl sites for hydroxylation is 1. The molecule has 0 unspecified atom stereocenters. The van der Waals surface area contributed by atoms with Gasteiger partial charge in [0.2, 0.25) is 0 Å². The first kappa shape index (κ1) is 16.1. The van der Waals surface area contributed by atoms with Crippen molar-refractivity contribution in [1.82, 2.24) is 4.98 Å². The lowest BCUT2D eigenvalue weighted by Gasteiger charge is -2.17. The van der Waals surface area contributed by atoms with Crippen molar-refractivity contribution in [1.29, 1.82) is 0 Å². The van der Waals surface area contributed by atoms with Crippen LogP contribution in [0.2, 0.25) is 0 Å². The molecule has 1 aromatic heterocycles. The van der Waals surface area contributed by atoms with E-state index >= 15 is 0 Å². The van der Waals surface area contributed by atoms with Gasteiger partial charge in [0.25, 0.3) is 0 Å². The first-order valence-electron chi connectivity index (χ1n) is 5.35. The van der Waals surface area contributed by atoms with Crippen LogP contribution < -0.4 is 11.5 Å². The zero-order valence-electron chi connectivity index (χ0n) is 9.89. The van der Waals surface area contributed by atoms with Gasteiger partial charge in [-0.15, -0.1) is 12.4 Å². The van der Waals surface area contributed by atoms with E-state index in [9.17, 15) is 10.2 Å². The highest BCUT2D eigenvalue weighted by Gasteiger charge is 2.17. The highest BCUT2D eigenvalue weighted by atomic mass is 35.5. The minimum atomic E-state index is -0.313. The van der Waals surface area contributed by atoms with Gasteiger partial charge >= 0.3 is 0 Å². The lowest BCUT2D eigenvalue weighted by Crippen LogP contribution is -2.15. The third-order valence-electron chi connectivity index (χ3n) is 2.62. The fraction of sp³-hybridized carbons (Fsp3) is 0.545. The number of hydrogen-bond donors (Lipinski definition) is 4. The van der Waals surface area contributed by atoms with Crippen molar-refractivity contribution >= 4 is 12.4 Å². The fourth-order valence-electron chi connectivity index (χ4n) is 1.67. The molecule has 0 saturated heterocycles. The van der Waals surface area contributed by atoms with Gasteiger partial charge in [0.1, 0.15) is 5.75 Å². The zero-order chi connectivity index (χ0) is 12.1. The van der Waals surface area contributed by atoms with Gasteiger partial charge in [0, 0.05) is 23.4 Å². The minimum Gasteiger partial charge on any atom is -0.506 e. The summed E-state index contributed by atoms with van der Waals surface area (Å²) in [7, 11) is 0. The summed E-state index contributed by atoms with van der Waals surface area (Å²) in [5, 5.41) is 19.1. The molecule has 0 saturated carbocycles. The molecule has 1 heterocycles. The van der Waals surface area contributed by atoms with E-state index in [1.54, 1.807) is 13.1 Å². The SMILES string of the molecule is Cc1ncc(CO)c([C@@H](N)CCCN)c1O.Cl. The molecule has 0 aromatic carbocycles. The molecule has 0 aliphatic heterocycles. The highest BCUT2D eigenvalue weighted by molar-refractivity contribution is 5.85. The Hall–Kier alpha value is -0.880. The number of halogens is 1. The van der Waals surface area contributed by atoms with E-state index in [1.165, 1.54) is 0 Å². The molecule has 0 radical (unpaired) electrons. The van der Waals surface area contributed by atoms with Gasteiger partial charge < -0.3 is 21.7 Å². The van der Waals surface area contributed by atoms with Gasteiger partial charge in [0.15, 0.2) is 0 Å². The quantitative estimate of drug-likeness (QED) is 0.626. The van der Waals surface area contributed by atoms with Crippen LogP contribution in [0.25, 0.3) is 0 Å². The number of aliphatic hydroxyl groups is 1. The second-order valence-corrected chi connectivity index (χ2v) is 3.83. The molecule has 0 aliphatic carbocycles. The topological polar surface area (TPSA) is 105 Å². The molecule has 98 valence electrons. The Kier molecular flexibility index (Phi) is 7.06. The summed E-state index contributed by atoms with van der Waals surface area (Å²) >= 11 is 0. The minimum absolute atomic E-state index is 0. The van der Waals surface area contributed by atoms with Crippen LogP contribution in [-0.2, 0) is 6.61 Å². The van der Waals surface area contributed by atoms with Crippen LogP contribution >= 0.6 is 12.4 Å². The zero-order valence-corrected chi connectivity index (χ0v) is 10.7. The van der Waals surface area contributed by atoms with Gasteiger partial charge in [0.05, 0.1) is 12.3 Å². The maximum absolute atomic E-state index is 9.89. The smallest absolute Gasteiger partial charge is 0.141 e. The predicted octanol–water partition coefficient (Wildman–Crippen LogP) is 0.748. The van der Waals surface area contributed by atoms with E-state index in [0.717, 1.165) is 6.42 Å². The number of aromatic nitrogens is 1. The van der Waals surface area contributed by atoms with Crippen molar-refractivity contribution in [3.63, 3.8) is 0 Å². The molecule has 0 bridgehead atoms. The van der Waals surface area contributed by atoms with Crippen molar-refractivity contribution < 1.29 is 10.2 Å². The largest absolute Gasteiger partial charge is 0.506 e. The Morgan fingerprint density at radius 2 is 2.12 bits per heavy atom. The van der Waals surface area contributed by atoms with Crippen LogP contribution in [-0.4, -0.2) is 21.7 Å². The van der Waals surface area contributed by atoms with Crippen molar-refractivity contribution in [3.05, 3.63) is 23.0 Å². The van der Waals surface area contributed by atoms with E-state index in [0.29, 0.717) is 29.8 Å². The number of nitrogens with zero attached hydrogens (tertiary/aromatic N) is 1. The Bertz CT molecular complexity index is 361. The summed E-state index contributed by atoms with van der Waals surface area (Å²) in [6.45, 7) is 2.09. The summed E-state index contributed by atoms with van der Waals surface area (Å²) in [6, 6.07) is -0.313. The first-order valence-corrected chi connectivity index (χ1v) is 5.35. The molecule has 1 atom stereocenters. The molecule has 0 aliphatic rings. The lowest BCUT2D eigenvalue weighted by molar-refractivity contribution is 0.277. The van der Waals surface area contributed by atoms with Crippen LogP contribution in [0.15, 0.2) is 6.20 Å². The molecule has 17 heavy (non-hydrogen) atoms. The molecule has 1 aromatic rings. The normalized spacial score (nSPS) is 12.0. The monoisotopic (exact) mass is 261 g/mol. The average molecular weight is 262 g/mol. The Balaban J connectivity index is 0.00000256. The maximum atomic E-state index is 9.89. The second-order valence-electron chi connectivity index (χ2n) is 3.83. The van der Waals surface area contributed by atoms with E-state index in [4.69, 9.17) is 11.5 Å². The van der Waals surface area contributed by atoms with Crippen LogP contribution in [0.3, 0.4) is 0 Å². The molecule has 6 N–H and O–H groups in total. The standard InChI is InChI=1S/C11H19N3O2.ClH/c1-7-11(16)10(8(6-15)5-14-7)9(13)3-2-4-12;/h5,9,15-16H,2-4,6,12-13H2,1H3;1H/t9-;/m0./s1. The van der Waals surface area contributed by atoms with Crippen LogP contribution in [0.1, 0.15) is 35.7 Å². The number of aromatic hydroxyl groups is 1. The molecule has 5 nitrogen and oxygen atoms in total. The van der Waals surface area contributed by atoms with E-state index in [1.807, 2.05) is 0 Å². The fourth-order valence-corrected chi connectivity index (χ4v) is 1.67. The van der Waals surface area contributed by atoms with Crippen molar-refractivity contribution in [2.45, 2.75) is 32.4 Å². The number of hydrogen-bond acceptors (Lipinski definition) is 5. The molecular formula is C11H20ClN3O2. The van der Waals surface area contributed by atoms with Gasteiger partial charge in [-0.1, -0.05) is 0 Å². The van der Waals surface area contributed by atoms with Crippen LogP contribution in [0.4, 0.5) is 0 Å². The predicted molar refractivity (Wildman–Crippen MR) is 69.0 cm³/mol.